The van der Waals surface area contributed by atoms with E-state index in [4.69, 9.17) is 9.47 Å². The average molecular weight is 331 g/mol. The molecular formula is C15H25NO7. The summed E-state index contributed by atoms with van der Waals surface area (Å²) in [6.07, 6.45) is -1.86. The maximum atomic E-state index is 11.7. The zero-order chi connectivity index (χ0) is 17.0. The van der Waals surface area contributed by atoms with Crippen LogP contribution >= 0.6 is 0 Å². The van der Waals surface area contributed by atoms with Gasteiger partial charge in [0.15, 0.2) is 6.29 Å². The van der Waals surface area contributed by atoms with E-state index in [1.165, 1.54) is 0 Å². The summed E-state index contributed by atoms with van der Waals surface area (Å²) in [5.74, 6) is -0.803. The van der Waals surface area contributed by atoms with E-state index in [1.807, 2.05) is 6.92 Å². The van der Waals surface area contributed by atoms with E-state index in [0.29, 0.717) is 6.42 Å². The molecule has 1 saturated heterocycles. The lowest BCUT2D eigenvalue weighted by Crippen LogP contribution is -2.64. The second-order valence-corrected chi connectivity index (χ2v) is 6.15. The Morgan fingerprint density at radius 3 is 2.48 bits per heavy atom. The summed E-state index contributed by atoms with van der Waals surface area (Å²) in [4.78, 5) is 23.3. The molecule has 1 amide bonds. The molecule has 1 saturated carbocycles. The molecule has 1 aliphatic heterocycles. The van der Waals surface area contributed by atoms with Gasteiger partial charge in [-0.1, -0.05) is 13.3 Å². The van der Waals surface area contributed by atoms with Crippen molar-refractivity contribution in [1.29, 1.82) is 0 Å². The Kier molecular flexibility index (Phi) is 6.34. The second kappa shape index (κ2) is 8.05. The largest absolute Gasteiger partial charge is 0.463 e. The van der Waals surface area contributed by atoms with Crippen molar-refractivity contribution in [1.82, 2.24) is 5.32 Å². The molecule has 5 atom stereocenters. The number of aliphatic hydroxyl groups excluding tert-OH is 3. The zero-order valence-electron chi connectivity index (χ0n) is 13.2. The van der Waals surface area contributed by atoms with E-state index in [0.717, 1.165) is 19.3 Å². The predicted octanol–water partition coefficient (Wildman–Crippen LogP) is -0.946. The molecule has 0 spiro atoms. The smallest absolute Gasteiger partial charge is 0.309 e. The van der Waals surface area contributed by atoms with Crippen molar-refractivity contribution in [3.05, 3.63) is 0 Å². The van der Waals surface area contributed by atoms with Crippen molar-refractivity contribution in [3.8, 4) is 0 Å². The van der Waals surface area contributed by atoms with Gasteiger partial charge in [0.25, 0.3) is 0 Å². The molecule has 1 heterocycles. The van der Waals surface area contributed by atoms with Gasteiger partial charge in [0.1, 0.15) is 31.0 Å². The first-order valence-corrected chi connectivity index (χ1v) is 8.09. The van der Waals surface area contributed by atoms with E-state index in [1.54, 1.807) is 0 Å². The van der Waals surface area contributed by atoms with Crippen LogP contribution in [-0.2, 0) is 19.1 Å². The fourth-order valence-electron chi connectivity index (χ4n) is 2.65. The molecule has 2 fully saturated rings. The molecule has 8 nitrogen and oxygen atoms in total. The number of hydrogen-bond donors (Lipinski definition) is 4. The van der Waals surface area contributed by atoms with E-state index in [-0.39, 0.29) is 30.8 Å². The van der Waals surface area contributed by atoms with Crippen LogP contribution in [0, 0.1) is 5.92 Å². The number of carbonyl (C=O) groups excluding carboxylic acids is 2. The molecule has 2 rings (SSSR count). The van der Waals surface area contributed by atoms with Gasteiger partial charge in [-0.25, -0.2) is 0 Å². The third kappa shape index (κ3) is 4.41. The summed E-state index contributed by atoms with van der Waals surface area (Å²) in [6.45, 7) is 1.57. The first-order chi connectivity index (χ1) is 10.9. The molecule has 0 aromatic heterocycles. The monoisotopic (exact) mass is 331 g/mol. The Morgan fingerprint density at radius 2 is 1.91 bits per heavy atom. The number of nitrogens with one attached hydrogen (secondary N) is 1. The molecule has 0 aromatic carbocycles. The Balaban J connectivity index is 1.85. The highest BCUT2D eigenvalue weighted by Gasteiger charge is 2.45. The van der Waals surface area contributed by atoms with Crippen LogP contribution in [0.4, 0.5) is 0 Å². The van der Waals surface area contributed by atoms with Crippen LogP contribution in [-0.4, -0.2) is 64.4 Å². The molecule has 23 heavy (non-hydrogen) atoms. The second-order valence-electron chi connectivity index (χ2n) is 6.15. The average Bonchev–Trinajstić information content (AvgIpc) is 2.44. The fourth-order valence-corrected chi connectivity index (χ4v) is 2.65. The molecule has 0 radical (unpaired) electrons. The Hall–Kier alpha value is -1.22. The van der Waals surface area contributed by atoms with Crippen LogP contribution < -0.4 is 5.32 Å². The normalized spacial score (nSPS) is 34.5. The molecule has 1 unspecified atom stereocenters. The van der Waals surface area contributed by atoms with Gasteiger partial charge in [-0.2, -0.15) is 0 Å². The van der Waals surface area contributed by atoms with Gasteiger partial charge in [0, 0.05) is 6.42 Å². The van der Waals surface area contributed by atoms with E-state index >= 15 is 0 Å². The maximum Gasteiger partial charge on any atom is 0.309 e. The summed E-state index contributed by atoms with van der Waals surface area (Å²) in [7, 11) is 0. The minimum atomic E-state index is -1.48. The van der Waals surface area contributed by atoms with Crippen molar-refractivity contribution in [2.45, 2.75) is 69.7 Å². The van der Waals surface area contributed by atoms with Gasteiger partial charge in [-0.15, -0.1) is 0 Å². The summed E-state index contributed by atoms with van der Waals surface area (Å²) in [6, 6.07) is -1.12. The highest BCUT2D eigenvalue weighted by molar-refractivity contribution is 5.76. The number of hydrogen-bond acceptors (Lipinski definition) is 7. The lowest BCUT2D eigenvalue weighted by molar-refractivity contribution is -0.256. The number of carbonyl (C=O) groups is 2. The van der Waals surface area contributed by atoms with Gasteiger partial charge in [-0.3, -0.25) is 9.59 Å². The van der Waals surface area contributed by atoms with Crippen LogP contribution in [0.1, 0.15) is 39.0 Å². The summed E-state index contributed by atoms with van der Waals surface area (Å²) < 4.78 is 10.3. The Labute approximate surface area is 134 Å². The van der Waals surface area contributed by atoms with Crippen LogP contribution in [0.2, 0.25) is 0 Å². The van der Waals surface area contributed by atoms with Gasteiger partial charge >= 0.3 is 5.97 Å². The first kappa shape index (κ1) is 18.1. The third-order valence-corrected chi connectivity index (χ3v) is 4.35. The summed E-state index contributed by atoms with van der Waals surface area (Å²) >= 11 is 0. The van der Waals surface area contributed by atoms with Crippen molar-refractivity contribution >= 4 is 11.9 Å². The van der Waals surface area contributed by atoms with Crippen LogP contribution in [0.3, 0.4) is 0 Å². The highest BCUT2D eigenvalue weighted by Crippen LogP contribution is 2.28. The molecule has 8 heteroatoms. The lowest BCUT2D eigenvalue weighted by Gasteiger charge is -2.40. The van der Waals surface area contributed by atoms with E-state index in [9.17, 15) is 24.9 Å². The quantitative estimate of drug-likeness (QED) is 0.463. The van der Waals surface area contributed by atoms with Crippen molar-refractivity contribution in [3.63, 3.8) is 0 Å². The Bertz CT molecular complexity index is 426. The van der Waals surface area contributed by atoms with Gasteiger partial charge in [0.05, 0.1) is 5.92 Å². The molecule has 1 aliphatic carbocycles. The molecule has 132 valence electrons. The Morgan fingerprint density at radius 1 is 1.22 bits per heavy atom. The summed E-state index contributed by atoms with van der Waals surface area (Å²) in [5.41, 5.74) is 0. The third-order valence-electron chi connectivity index (χ3n) is 4.35. The fraction of sp³-hybridized carbons (Fsp3) is 0.867. The zero-order valence-corrected chi connectivity index (χ0v) is 13.2. The molecular weight excluding hydrogens is 306 g/mol. The van der Waals surface area contributed by atoms with E-state index in [2.05, 4.69) is 5.32 Å². The maximum absolute atomic E-state index is 11.7. The number of rotatable bonds is 6. The topological polar surface area (TPSA) is 125 Å². The van der Waals surface area contributed by atoms with Gasteiger partial charge in [0.2, 0.25) is 5.91 Å². The molecule has 0 aromatic rings. The minimum absolute atomic E-state index is 0.105. The SMILES string of the molecule is CCCC(=O)N[C@H]1C(O)O[C@H](COC(=O)C2CCC2)[C@@H](O)[C@@H]1O. The van der Waals surface area contributed by atoms with Crippen LogP contribution in [0.5, 0.6) is 0 Å². The number of aliphatic hydroxyl groups is 3. The number of amides is 1. The summed E-state index contributed by atoms with van der Waals surface area (Å²) in [5, 5.41) is 32.5. The minimum Gasteiger partial charge on any atom is -0.463 e. The lowest BCUT2D eigenvalue weighted by atomic mass is 9.86. The number of ether oxygens (including phenoxy) is 2. The highest BCUT2D eigenvalue weighted by atomic mass is 16.6. The van der Waals surface area contributed by atoms with E-state index < -0.39 is 30.6 Å². The standard InChI is InChI=1S/C15H25NO7/c1-2-4-10(17)16-11-13(19)12(18)9(23-15(11)21)7-22-14(20)8-5-3-6-8/h8-9,11-13,15,18-19,21H,2-7H2,1H3,(H,16,17)/t9-,11-,12-,13-,15?/m1/s1. The van der Waals surface area contributed by atoms with Crippen molar-refractivity contribution < 1.29 is 34.4 Å². The van der Waals surface area contributed by atoms with Gasteiger partial charge in [-0.05, 0) is 19.3 Å². The molecule has 0 bridgehead atoms. The molecule has 2 aliphatic rings. The van der Waals surface area contributed by atoms with Crippen molar-refractivity contribution in [2.24, 2.45) is 5.92 Å². The number of esters is 1. The van der Waals surface area contributed by atoms with Crippen LogP contribution in [0.25, 0.3) is 0 Å². The van der Waals surface area contributed by atoms with Gasteiger partial charge < -0.3 is 30.1 Å². The van der Waals surface area contributed by atoms with Crippen molar-refractivity contribution in [2.75, 3.05) is 6.61 Å². The predicted molar refractivity (Wildman–Crippen MR) is 78.0 cm³/mol. The van der Waals surface area contributed by atoms with Crippen LogP contribution in [0.15, 0.2) is 0 Å². The molecule has 4 N–H and O–H groups in total. The first-order valence-electron chi connectivity index (χ1n) is 8.09.